The lowest BCUT2D eigenvalue weighted by Gasteiger charge is -2.28. The Morgan fingerprint density at radius 3 is 2.18 bits per heavy atom. The van der Waals surface area contributed by atoms with Crippen molar-refractivity contribution in [3.8, 4) is 0 Å². The van der Waals surface area contributed by atoms with Gasteiger partial charge in [0.15, 0.2) is 0 Å². The predicted octanol–water partition coefficient (Wildman–Crippen LogP) is 7.49. The minimum atomic E-state index is 0.473. The Bertz CT molecular complexity index is 330. The Kier molecular flexibility index (Phi) is 7.69. The first-order valence-electron chi connectivity index (χ1n) is 9.83. The molecule has 0 radical (unpaired) electrons. The minimum absolute atomic E-state index is 0.473. The van der Waals surface area contributed by atoms with Gasteiger partial charge in [-0.3, -0.25) is 0 Å². The van der Waals surface area contributed by atoms with Gasteiger partial charge in [0.05, 0.1) is 0 Å². The van der Waals surface area contributed by atoms with Crippen molar-refractivity contribution < 1.29 is 0 Å². The van der Waals surface area contributed by atoms with Crippen molar-refractivity contribution >= 4 is 0 Å². The maximum Gasteiger partial charge on any atom is -0.0172 e. The van der Waals surface area contributed by atoms with E-state index in [-0.39, 0.29) is 0 Å². The van der Waals surface area contributed by atoms with E-state index in [1.165, 1.54) is 44.9 Å². The summed E-state index contributed by atoms with van der Waals surface area (Å²) < 4.78 is 0. The monoisotopic (exact) mass is 306 g/mol. The van der Waals surface area contributed by atoms with E-state index in [2.05, 4.69) is 55.0 Å². The Morgan fingerprint density at radius 2 is 1.73 bits per heavy atom. The number of hydrogen-bond donors (Lipinski definition) is 0. The minimum Gasteiger partial charge on any atom is -0.0996 e. The quantitative estimate of drug-likeness (QED) is 0.367. The zero-order chi connectivity index (χ0) is 16.9. The van der Waals surface area contributed by atoms with Crippen molar-refractivity contribution in [1.29, 1.82) is 0 Å². The lowest BCUT2D eigenvalue weighted by atomic mass is 9.78. The van der Waals surface area contributed by atoms with Crippen molar-refractivity contribution in [3.05, 3.63) is 12.2 Å². The van der Waals surface area contributed by atoms with E-state index in [1.54, 1.807) is 5.57 Å². The van der Waals surface area contributed by atoms with Crippen LogP contribution in [0.3, 0.4) is 0 Å². The number of rotatable bonds is 10. The molecule has 0 heterocycles. The highest BCUT2D eigenvalue weighted by Crippen LogP contribution is 2.49. The van der Waals surface area contributed by atoms with Crippen molar-refractivity contribution in [1.82, 2.24) is 0 Å². The van der Waals surface area contributed by atoms with Gasteiger partial charge in [-0.25, -0.2) is 0 Å². The average molecular weight is 307 g/mol. The van der Waals surface area contributed by atoms with E-state index >= 15 is 0 Å². The van der Waals surface area contributed by atoms with Crippen LogP contribution >= 0.6 is 0 Å². The Balaban J connectivity index is 2.45. The van der Waals surface area contributed by atoms with Gasteiger partial charge in [-0.05, 0) is 67.1 Å². The lowest BCUT2D eigenvalue weighted by molar-refractivity contribution is 0.246. The molecule has 0 N–H and O–H groups in total. The van der Waals surface area contributed by atoms with Crippen molar-refractivity contribution in [2.45, 2.75) is 93.4 Å². The molecule has 0 aromatic heterocycles. The largest absolute Gasteiger partial charge is 0.0996 e. The van der Waals surface area contributed by atoms with Gasteiger partial charge in [-0.2, -0.15) is 0 Å². The van der Waals surface area contributed by atoms with Crippen molar-refractivity contribution in [2.75, 3.05) is 0 Å². The highest BCUT2D eigenvalue weighted by Gasteiger charge is 2.40. The fourth-order valence-electron chi connectivity index (χ4n) is 4.00. The molecule has 1 rings (SSSR count). The summed E-state index contributed by atoms with van der Waals surface area (Å²) in [4.78, 5) is 0. The molecule has 0 aromatic rings. The maximum absolute atomic E-state index is 4.44. The lowest BCUT2D eigenvalue weighted by Crippen LogP contribution is -2.16. The van der Waals surface area contributed by atoms with Crippen LogP contribution in [0.2, 0.25) is 0 Å². The van der Waals surface area contributed by atoms with Crippen LogP contribution in [-0.4, -0.2) is 0 Å². The summed E-state index contributed by atoms with van der Waals surface area (Å²) in [7, 11) is 0. The SMILES string of the molecule is C=C(CC[C@@H](CCC(C)(C)C)C(C)CCC)C1CC1C(C)C. The maximum atomic E-state index is 4.44. The molecule has 1 aliphatic rings. The molecule has 0 nitrogen and oxygen atoms in total. The topological polar surface area (TPSA) is 0 Å². The highest BCUT2D eigenvalue weighted by molar-refractivity contribution is 5.12. The molecule has 0 bridgehead atoms. The average Bonchev–Trinajstić information content (AvgIpc) is 3.17. The molecule has 0 aromatic carbocycles. The summed E-state index contributed by atoms with van der Waals surface area (Å²) in [6.07, 6.45) is 9.53. The predicted molar refractivity (Wildman–Crippen MR) is 101 cm³/mol. The second-order valence-electron chi connectivity index (χ2n) is 9.57. The molecule has 130 valence electrons. The number of hydrogen-bond acceptors (Lipinski definition) is 0. The summed E-state index contributed by atoms with van der Waals surface area (Å²) in [5.74, 6) is 4.41. The van der Waals surface area contributed by atoms with E-state index in [1.807, 2.05) is 0 Å². The van der Waals surface area contributed by atoms with Crippen molar-refractivity contribution in [2.24, 2.45) is 35.0 Å². The van der Waals surface area contributed by atoms with Crippen LogP contribution in [0.4, 0.5) is 0 Å². The van der Waals surface area contributed by atoms with E-state index in [9.17, 15) is 0 Å². The van der Waals surface area contributed by atoms with Crippen molar-refractivity contribution in [3.63, 3.8) is 0 Å². The molecule has 0 heteroatoms. The van der Waals surface area contributed by atoms with Gasteiger partial charge in [0, 0.05) is 0 Å². The zero-order valence-corrected chi connectivity index (χ0v) is 16.5. The molecule has 1 fully saturated rings. The summed E-state index contributed by atoms with van der Waals surface area (Å²) in [6, 6.07) is 0. The van der Waals surface area contributed by atoms with E-state index < -0.39 is 0 Å². The van der Waals surface area contributed by atoms with Crippen LogP contribution in [0.1, 0.15) is 93.4 Å². The van der Waals surface area contributed by atoms with Gasteiger partial charge in [0.2, 0.25) is 0 Å². The van der Waals surface area contributed by atoms with Gasteiger partial charge in [0.1, 0.15) is 0 Å². The second kappa shape index (κ2) is 8.55. The van der Waals surface area contributed by atoms with Crippen LogP contribution in [0, 0.1) is 35.0 Å². The fourth-order valence-corrected chi connectivity index (χ4v) is 4.00. The molecule has 0 amide bonds. The first-order chi connectivity index (χ1) is 10.2. The molecule has 0 saturated heterocycles. The molecule has 1 saturated carbocycles. The molecule has 4 atom stereocenters. The van der Waals surface area contributed by atoms with Gasteiger partial charge >= 0.3 is 0 Å². The van der Waals surface area contributed by atoms with Crippen LogP contribution in [0.25, 0.3) is 0 Å². The molecule has 1 aliphatic carbocycles. The highest BCUT2D eigenvalue weighted by atomic mass is 14.4. The molecule has 0 spiro atoms. The third-order valence-electron chi connectivity index (χ3n) is 5.87. The molecule has 22 heavy (non-hydrogen) atoms. The summed E-state index contributed by atoms with van der Waals surface area (Å²) in [6.45, 7) is 21.1. The van der Waals surface area contributed by atoms with Crippen LogP contribution in [0.15, 0.2) is 12.2 Å². The Labute approximate surface area is 141 Å². The standard InChI is InChI=1S/C22H42/c1-9-10-17(4)19(13-14-22(6,7)8)12-11-18(5)21-15-20(21)16(2)3/h16-17,19-21H,5,9-15H2,1-4,6-8H3/t17?,19-,20?,21?/m0/s1. The van der Waals surface area contributed by atoms with Gasteiger partial charge in [0.25, 0.3) is 0 Å². The molecular formula is C22H42. The smallest absolute Gasteiger partial charge is 0.0172 e. The van der Waals surface area contributed by atoms with Crippen LogP contribution < -0.4 is 0 Å². The molecular weight excluding hydrogens is 264 g/mol. The third kappa shape index (κ3) is 6.88. The first-order valence-corrected chi connectivity index (χ1v) is 9.83. The van der Waals surface area contributed by atoms with Gasteiger partial charge < -0.3 is 0 Å². The molecule has 3 unspecified atom stereocenters. The van der Waals surface area contributed by atoms with E-state index in [4.69, 9.17) is 0 Å². The van der Waals surface area contributed by atoms with Gasteiger partial charge in [-0.1, -0.05) is 73.5 Å². The summed E-state index contributed by atoms with van der Waals surface area (Å²) >= 11 is 0. The van der Waals surface area contributed by atoms with Gasteiger partial charge in [-0.15, -0.1) is 0 Å². The number of allylic oxidation sites excluding steroid dienone is 1. The van der Waals surface area contributed by atoms with E-state index in [0.29, 0.717) is 5.41 Å². The van der Waals surface area contributed by atoms with E-state index in [0.717, 1.165) is 29.6 Å². The fraction of sp³-hybridized carbons (Fsp3) is 0.909. The normalized spacial score (nSPS) is 24.4. The zero-order valence-electron chi connectivity index (χ0n) is 16.5. The third-order valence-corrected chi connectivity index (χ3v) is 5.87. The van der Waals surface area contributed by atoms with Crippen LogP contribution in [-0.2, 0) is 0 Å². The second-order valence-corrected chi connectivity index (χ2v) is 9.57. The van der Waals surface area contributed by atoms with Crippen LogP contribution in [0.5, 0.6) is 0 Å². The Hall–Kier alpha value is -0.260. The first kappa shape index (κ1) is 19.8. The summed E-state index contributed by atoms with van der Waals surface area (Å²) in [5, 5.41) is 0. The summed E-state index contributed by atoms with van der Waals surface area (Å²) in [5.41, 5.74) is 2.03. The molecule has 0 aliphatic heterocycles. The Morgan fingerprint density at radius 1 is 1.09 bits per heavy atom.